The van der Waals surface area contributed by atoms with Gasteiger partial charge in [-0.05, 0) is 31.5 Å². The number of sulfonamides is 1. The van der Waals surface area contributed by atoms with Crippen LogP contribution < -0.4 is 10.2 Å². The van der Waals surface area contributed by atoms with Crippen LogP contribution in [0.3, 0.4) is 0 Å². The van der Waals surface area contributed by atoms with E-state index in [0.29, 0.717) is 32.7 Å². The van der Waals surface area contributed by atoms with E-state index < -0.39 is 10.0 Å². The Bertz CT molecular complexity index is 778. The number of benzene rings is 1. The van der Waals surface area contributed by atoms with Crippen molar-refractivity contribution in [1.29, 1.82) is 0 Å². The Hall–Kier alpha value is -1.11. The van der Waals surface area contributed by atoms with Gasteiger partial charge < -0.3 is 19.9 Å². The standard InChI is InChI=1S/C20H35N5O3S.HI/c1-17(2)28-13-14-29(26,27)25-11-9-24(10-12-25)20(21-3)22-16-18-7-6-8-19(15-18)23(4)5;/h6-8,15,17H,9-14,16H2,1-5H3,(H,21,22);1H. The second-order valence-corrected chi connectivity index (χ2v) is 9.68. The fraction of sp³-hybridized carbons (Fsp3) is 0.650. The predicted octanol–water partition coefficient (Wildman–Crippen LogP) is 1.82. The summed E-state index contributed by atoms with van der Waals surface area (Å²) in [5, 5.41) is 3.39. The highest BCUT2D eigenvalue weighted by Gasteiger charge is 2.28. The second kappa shape index (κ2) is 12.7. The van der Waals surface area contributed by atoms with E-state index >= 15 is 0 Å². The third-order valence-electron chi connectivity index (χ3n) is 4.81. The van der Waals surface area contributed by atoms with E-state index in [2.05, 4.69) is 38.3 Å². The molecule has 0 spiro atoms. The van der Waals surface area contributed by atoms with Gasteiger partial charge in [0.2, 0.25) is 10.0 Å². The van der Waals surface area contributed by atoms with E-state index in [4.69, 9.17) is 4.74 Å². The SMILES string of the molecule is CN=C(NCc1cccc(N(C)C)c1)N1CCN(S(=O)(=O)CCOC(C)C)CC1.I. The number of aliphatic imine (C=N–C) groups is 1. The first-order valence-corrected chi connectivity index (χ1v) is 11.6. The lowest BCUT2D eigenvalue weighted by molar-refractivity contribution is 0.0904. The van der Waals surface area contributed by atoms with Crippen LogP contribution in [0.4, 0.5) is 5.69 Å². The smallest absolute Gasteiger partial charge is 0.216 e. The molecule has 1 N–H and O–H groups in total. The van der Waals surface area contributed by atoms with Crippen LogP contribution in [0.25, 0.3) is 0 Å². The number of halogens is 1. The molecule has 0 aromatic heterocycles. The average Bonchev–Trinajstić information content (AvgIpc) is 2.68. The minimum Gasteiger partial charge on any atom is -0.378 e. The van der Waals surface area contributed by atoms with E-state index in [1.54, 1.807) is 11.4 Å². The van der Waals surface area contributed by atoms with Crippen LogP contribution in [-0.2, 0) is 21.3 Å². The molecule has 1 fully saturated rings. The third kappa shape index (κ3) is 8.20. The summed E-state index contributed by atoms with van der Waals surface area (Å²) in [4.78, 5) is 8.55. The van der Waals surface area contributed by atoms with Crippen LogP contribution in [-0.4, -0.2) is 89.4 Å². The molecule has 1 aliphatic heterocycles. The number of guanidine groups is 1. The van der Waals surface area contributed by atoms with Gasteiger partial charge in [-0.15, -0.1) is 24.0 Å². The monoisotopic (exact) mass is 553 g/mol. The maximum Gasteiger partial charge on any atom is 0.216 e. The number of hydrogen-bond acceptors (Lipinski definition) is 5. The van der Waals surface area contributed by atoms with Gasteiger partial charge in [-0.1, -0.05) is 12.1 Å². The van der Waals surface area contributed by atoms with Crippen molar-refractivity contribution in [2.75, 3.05) is 64.6 Å². The zero-order valence-corrected chi connectivity index (χ0v) is 21.8. The maximum absolute atomic E-state index is 12.5. The van der Waals surface area contributed by atoms with E-state index in [0.717, 1.165) is 11.6 Å². The van der Waals surface area contributed by atoms with Gasteiger partial charge in [0.25, 0.3) is 0 Å². The molecule has 1 saturated heterocycles. The lowest BCUT2D eigenvalue weighted by Gasteiger charge is -2.35. The average molecular weight is 554 g/mol. The fourth-order valence-corrected chi connectivity index (χ4v) is 4.44. The summed E-state index contributed by atoms with van der Waals surface area (Å²) in [6.45, 7) is 6.85. The highest BCUT2D eigenvalue weighted by molar-refractivity contribution is 14.0. The van der Waals surface area contributed by atoms with Crippen molar-refractivity contribution in [2.24, 2.45) is 4.99 Å². The normalized spacial score (nSPS) is 15.8. The molecule has 0 saturated carbocycles. The van der Waals surface area contributed by atoms with Crippen LogP contribution in [0.5, 0.6) is 0 Å². The van der Waals surface area contributed by atoms with Crippen LogP contribution >= 0.6 is 24.0 Å². The van der Waals surface area contributed by atoms with Crippen molar-refractivity contribution < 1.29 is 13.2 Å². The van der Waals surface area contributed by atoms with Crippen molar-refractivity contribution in [3.8, 4) is 0 Å². The summed E-state index contributed by atoms with van der Waals surface area (Å²) >= 11 is 0. The zero-order valence-electron chi connectivity index (χ0n) is 18.7. The van der Waals surface area contributed by atoms with E-state index in [-0.39, 0.29) is 42.4 Å². The molecular weight excluding hydrogens is 517 g/mol. The Morgan fingerprint density at radius 2 is 1.90 bits per heavy atom. The van der Waals surface area contributed by atoms with Crippen molar-refractivity contribution in [3.63, 3.8) is 0 Å². The van der Waals surface area contributed by atoms with Gasteiger partial charge >= 0.3 is 0 Å². The zero-order chi connectivity index (χ0) is 21.4. The van der Waals surface area contributed by atoms with Crippen LogP contribution in [0, 0.1) is 0 Å². The molecule has 1 aromatic carbocycles. The summed E-state index contributed by atoms with van der Waals surface area (Å²) < 4.78 is 31.9. The van der Waals surface area contributed by atoms with Crippen molar-refractivity contribution in [1.82, 2.24) is 14.5 Å². The molecule has 0 radical (unpaired) electrons. The number of rotatable bonds is 8. The molecule has 0 unspecified atom stereocenters. The lowest BCUT2D eigenvalue weighted by Crippen LogP contribution is -2.54. The molecule has 0 atom stereocenters. The molecule has 2 rings (SSSR count). The first-order valence-electron chi connectivity index (χ1n) is 10.0. The number of anilines is 1. The van der Waals surface area contributed by atoms with Crippen molar-refractivity contribution in [2.45, 2.75) is 26.5 Å². The Morgan fingerprint density at radius 1 is 1.23 bits per heavy atom. The van der Waals surface area contributed by atoms with E-state index in [1.165, 1.54) is 5.56 Å². The topological polar surface area (TPSA) is 77.5 Å². The summed E-state index contributed by atoms with van der Waals surface area (Å²) in [6.07, 6.45) is 0.0369. The van der Waals surface area contributed by atoms with Gasteiger partial charge in [0, 0.05) is 59.6 Å². The highest BCUT2D eigenvalue weighted by atomic mass is 127. The third-order valence-corrected chi connectivity index (χ3v) is 6.65. The number of hydrogen-bond donors (Lipinski definition) is 1. The van der Waals surface area contributed by atoms with Crippen molar-refractivity contribution >= 4 is 45.6 Å². The summed E-state index contributed by atoms with van der Waals surface area (Å²) in [5.74, 6) is 0.820. The fourth-order valence-electron chi connectivity index (χ4n) is 3.15. The largest absolute Gasteiger partial charge is 0.378 e. The molecule has 10 heteroatoms. The molecule has 30 heavy (non-hydrogen) atoms. The quantitative estimate of drug-likeness (QED) is 0.301. The minimum atomic E-state index is -3.29. The van der Waals surface area contributed by atoms with Crippen LogP contribution in [0.15, 0.2) is 29.3 Å². The number of ether oxygens (including phenoxy) is 1. The molecule has 0 aliphatic carbocycles. The minimum absolute atomic E-state index is 0. The molecule has 0 amide bonds. The molecule has 1 aromatic rings. The van der Waals surface area contributed by atoms with E-state index in [1.807, 2.05) is 34.0 Å². The van der Waals surface area contributed by atoms with Crippen LogP contribution in [0.2, 0.25) is 0 Å². The van der Waals surface area contributed by atoms with Gasteiger partial charge in [-0.2, -0.15) is 4.31 Å². The molecular formula is C20H36IN5O3S. The number of piperazine rings is 1. The molecule has 1 heterocycles. The van der Waals surface area contributed by atoms with Gasteiger partial charge in [0.15, 0.2) is 5.96 Å². The Balaban J connectivity index is 0.00000450. The van der Waals surface area contributed by atoms with Gasteiger partial charge in [0.1, 0.15) is 0 Å². The first-order chi connectivity index (χ1) is 13.7. The predicted molar refractivity (Wildman–Crippen MR) is 134 cm³/mol. The molecule has 172 valence electrons. The van der Waals surface area contributed by atoms with Gasteiger partial charge in [-0.25, -0.2) is 8.42 Å². The highest BCUT2D eigenvalue weighted by Crippen LogP contribution is 2.14. The molecule has 0 bridgehead atoms. The lowest BCUT2D eigenvalue weighted by atomic mass is 10.2. The first kappa shape index (κ1) is 26.9. The van der Waals surface area contributed by atoms with Crippen LogP contribution in [0.1, 0.15) is 19.4 Å². The van der Waals surface area contributed by atoms with Gasteiger partial charge in [-0.3, -0.25) is 4.99 Å². The van der Waals surface area contributed by atoms with Gasteiger partial charge in [0.05, 0.1) is 18.5 Å². The van der Waals surface area contributed by atoms with Crippen molar-refractivity contribution in [3.05, 3.63) is 29.8 Å². The number of nitrogens with one attached hydrogen (secondary N) is 1. The number of nitrogens with zero attached hydrogens (tertiary/aromatic N) is 4. The second-order valence-electron chi connectivity index (χ2n) is 7.59. The Morgan fingerprint density at radius 3 is 2.47 bits per heavy atom. The maximum atomic E-state index is 12.5. The summed E-state index contributed by atoms with van der Waals surface area (Å²) in [5.41, 5.74) is 2.32. The Kier molecular flexibility index (Phi) is 11.4. The molecule has 8 nitrogen and oxygen atoms in total. The Labute approximate surface area is 198 Å². The summed E-state index contributed by atoms with van der Waals surface area (Å²) in [6, 6.07) is 8.34. The van der Waals surface area contributed by atoms with E-state index in [9.17, 15) is 8.42 Å². The summed E-state index contributed by atoms with van der Waals surface area (Å²) in [7, 11) is 2.51. The molecule has 1 aliphatic rings.